The van der Waals surface area contributed by atoms with Gasteiger partial charge in [-0.2, -0.15) is 0 Å². The predicted molar refractivity (Wildman–Crippen MR) is 42.3 cm³/mol. The van der Waals surface area contributed by atoms with Crippen molar-refractivity contribution in [2.24, 2.45) is 0 Å². The molecule has 64 valence electrons. The molecule has 0 aliphatic carbocycles. The highest BCUT2D eigenvalue weighted by Crippen LogP contribution is 2.19. The SMILES string of the molecule is COC(C)C1CCCN1C=O. The first-order valence-electron chi connectivity index (χ1n) is 4.03. The Kier molecular flexibility index (Phi) is 2.88. The van der Waals surface area contributed by atoms with E-state index in [4.69, 9.17) is 4.74 Å². The molecule has 1 heterocycles. The van der Waals surface area contributed by atoms with Crippen LogP contribution >= 0.6 is 0 Å². The third-order valence-corrected chi connectivity index (χ3v) is 2.39. The van der Waals surface area contributed by atoms with Crippen LogP contribution in [0.3, 0.4) is 0 Å². The maximum atomic E-state index is 10.5. The smallest absolute Gasteiger partial charge is 0.210 e. The lowest BCUT2D eigenvalue weighted by Gasteiger charge is -2.24. The van der Waals surface area contributed by atoms with Crippen molar-refractivity contribution >= 4 is 6.41 Å². The van der Waals surface area contributed by atoms with Gasteiger partial charge in [-0.3, -0.25) is 4.79 Å². The predicted octanol–water partition coefficient (Wildman–Crippen LogP) is 0.642. The molecule has 3 nitrogen and oxygen atoms in total. The van der Waals surface area contributed by atoms with E-state index in [0.29, 0.717) is 6.04 Å². The van der Waals surface area contributed by atoms with Crippen LogP contribution in [0.25, 0.3) is 0 Å². The van der Waals surface area contributed by atoms with Crippen LogP contribution in [0, 0.1) is 0 Å². The number of amides is 1. The first-order chi connectivity index (χ1) is 5.29. The lowest BCUT2D eigenvalue weighted by Crippen LogP contribution is -2.37. The Morgan fingerprint density at radius 3 is 3.00 bits per heavy atom. The second-order valence-corrected chi connectivity index (χ2v) is 2.99. The molecular weight excluding hydrogens is 142 g/mol. The van der Waals surface area contributed by atoms with Gasteiger partial charge in [-0.25, -0.2) is 0 Å². The second-order valence-electron chi connectivity index (χ2n) is 2.99. The standard InChI is InChI=1S/C8H15NO2/c1-7(11-2)8-4-3-5-9(8)6-10/h6-8H,3-5H2,1-2H3. The van der Waals surface area contributed by atoms with Gasteiger partial charge in [0.05, 0.1) is 12.1 Å². The highest BCUT2D eigenvalue weighted by molar-refractivity contribution is 5.48. The molecule has 0 bridgehead atoms. The maximum absolute atomic E-state index is 10.5. The normalized spacial score (nSPS) is 27.1. The van der Waals surface area contributed by atoms with Crippen LogP contribution in [0.4, 0.5) is 0 Å². The third-order valence-electron chi connectivity index (χ3n) is 2.39. The van der Waals surface area contributed by atoms with Crippen LogP contribution < -0.4 is 0 Å². The molecule has 1 rings (SSSR count). The molecule has 0 saturated carbocycles. The van der Waals surface area contributed by atoms with E-state index >= 15 is 0 Å². The van der Waals surface area contributed by atoms with E-state index in [1.54, 1.807) is 7.11 Å². The topological polar surface area (TPSA) is 29.5 Å². The van der Waals surface area contributed by atoms with E-state index in [2.05, 4.69) is 0 Å². The number of likely N-dealkylation sites (tertiary alicyclic amines) is 1. The molecule has 11 heavy (non-hydrogen) atoms. The molecule has 0 aromatic rings. The Morgan fingerprint density at radius 2 is 2.45 bits per heavy atom. The third kappa shape index (κ3) is 1.71. The van der Waals surface area contributed by atoms with Gasteiger partial charge in [0.2, 0.25) is 6.41 Å². The zero-order valence-electron chi connectivity index (χ0n) is 7.12. The average Bonchev–Trinajstić information content (AvgIpc) is 2.50. The van der Waals surface area contributed by atoms with Gasteiger partial charge in [0.15, 0.2) is 0 Å². The summed E-state index contributed by atoms with van der Waals surface area (Å²) in [6.45, 7) is 2.90. The Balaban J connectivity index is 2.48. The van der Waals surface area contributed by atoms with Crippen molar-refractivity contribution in [1.82, 2.24) is 4.90 Å². The summed E-state index contributed by atoms with van der Waals surface area (Å²) in [5.41, 5.74) is 0. The molecule has 2 atom stereocenters. The first kappa shape index (κ1) is 8.53. The van der Waals surface area contributed by atoms with Crippen molar-refractivity contribution < 1.29 is 9.53 Å². The summed E-state index contributed by atoms with van der Waals surface area (Å²) in [6.07, 6.45) is 3.28. The second kappa shape index (κ2) is 3.72. The van der Waals surface area contributed by atoms with Crippen molar-refractivity contribution in [3.05, 3.63) is 0 Å². The van der Waals surface area contributed by atoms with E-state index in [0.717, 1.165) is 25.8 Å². The van der Waals surface area contributed by atoms with Gasteiger partial charge in [-0.15, -0.1) is 0 Å². The fourth-order valence-corrected chi connectivity index (χ4v) is 1.61. The van der Waals surface area contributed by atoms with Crippen LogP contribution in [0.15, 0.2) is 0 Å². The number of hydrogen-bond donors (Lipinski definition) is 0. The number of rotatable bonds is 3. The Bertz CT molecular complexity index is 138. The van der Waals surface area contributed by atoms with Crippen LogP contribution in [0.5, 0.6) is 0 Å². The Labute approximate surface area is 67.3 Å². The molecule has 1 aliphatic rings. The van der Waals surface area contributed by atoms with Gasteiger partial charge in [0.1, 0.15) is 0 Å². The van der Waals surface area contributed by atoms with E-state index in [9.17, 15) is 4.79 Å². The Hall–Kier alpha value is -0.570. The lowest BCUT2D eigenvalue weighted by molar-refractivity contribution is -0.121. The monoisotopic (exact) mass is 157 g/mol. The highest BCUT2D eigenvalue weighted by Gasteiger charge is 2.27. The van der Waals surface area contributed by atoms with Crippen molar-refractivity contribution in [2.75, 3.05) is 13.7 Å². The molecule has 0 aromatic carbocycles. The lowest BCUT2D eigenvalue weighted by atomic mass is 10.1. The van der Waals surface area contributed by atoms with Crippen LogP contribution in [0.2, 0.25) is 0 Å². The molecule has 1 amide bonds. The van der Waals surface area contributed by atoms with Crippen molar-refractivity contribution in [2.45, 2.75) is 31.9 Å². The highest BCUT2D eigenvalue weighted by atomic mass is 16.5. The van der Waals surface area contributed by atoms with E-state index < -0.39 is 0 Å². The maximum Gasteiger partial charge on any atom is 0.210 e. The minimum Gasteiger partial charge on any atom is -0.380 e. The van der Waals surface area contributed by atoms with E-state index in [1.165, 1.54) is 0 Å². The molecule has 0 radical (unpaired) electrons. The van der Waals surface area contributed by atoms with Crippen LogP contribution in [0.1, 0.15) is 19.8 Å². The fourth-order valence-electron chi connectivity index (χ4n) is 1.61. The number of ether oxygens (including phenoxy) is 1. The van der Waals surface area contributed by atoms with Gasteiger partial charge >= 0.3 is 0 Å². The Morgan fingerprint density at radius 1 is 1.73 bits per heavy atom. The number of carbonyl (C=O) groups is 1. The van der Waals surface area contributed by atoms with Crippen molar-refractivity contribution in [3.8, 4) is 0 Å². The minimum absolute atomic E-state index is 0.169. The summed E-state index contributed by atoms with van der Waals surface area (Å²) in [6, 6.07) is 0.303. The summed E-state index contributed by atoms with van der Waals surface area (Å²) in [5, 5.41) is 0. The number of hydrogen-bond acceptors (Lipinski definition) is 2. The summed E-state index contributed by atoms with van der Waals surface area (Å²) in [4.78, 5) is 12.3. The molecule has 2 unspecified atom stereocenters. The number of carbonyl (C=O) groups excluding carboxylic acids is 1. The molecule has 3 heteroatoms. The zero-order chi connectivity index (χ0) is 8.27. The molecule has 1 saturated heterocycles. The van der Waals surface area contributed by atoms with Crippen molar-refractivity contribution in [1.29, 1.82) is 0 Å². The summed E-state index contributed by atoms with van der Waals surface area (Å²) < 4.78 is 5.17. The molecule has 0 spiro atoms. The first-order valence-corrected chi connectivity index (χ1v) is 4.03. The van der Waals surface area contributed by atoms with Gasteiger partial charge in [0.25, 0.3) is 0 Å². The van der Waals surface area contributed by atoms with Gasteiger partial charge in [0, 0.05) is 13.7 Å². The summed E-state index contributed by atoms with van der Waals surface area (Å²) in [7, 11) is 1.69. The molecule has 0 N–H and O–H groups in total. The molecular formula is C8H15NO2. The minimum atomic E-state index is 0.169. The van der Waals surface area contributed by atoms with Gasteiger partial charge < -0.3 is 9.64 Å². The van der Waals surface area contributed by atoms with Crippen molar-refractivity contribution in [3.63, 3.8) is 0 Å². The number of methoxy groups -OCH3 is 1. The fraction of sp³-hybridized carbons (Fsp3) is 0.875. The summed E-state index contributed by atoms with van der Waals surface area (Å²) in [5.74, 6) is 0. The van der Waals surface area contributed by atoms with Crippen LogP contribution in [-0.2, 0) is 9.53 Å². The number of nitrogens with zero attached hydrogens (tertiary/aromatic N) is 1. The van der Waals surface area contributed by atoms with Gasteiger partial charge in [-0.05, 0) is 19.8 Å². The molecule has 1 aliphatic heterocycles. The largest absolute Gasteiger partial charge is 0.380 e. The van der Waals surface area contributed by atoms with Crippen LogP contribution in [-0.4, -0.2) is 37.1 Å². The average molecular weight is 157 g/mol. The molecule has 1 fully saturated rings. The summed E-state index contributed by atoms with van der Waals surface area (Å²) >= 11 is 0. The van der Waals surface area contributed by atoms with E-state index in [1.807, 2.05) is 11.8 Å². The van der Waals surface area contributed by atoms with E-state index in [-0.39, 0.29) is 6.10 Å². The van der Waals surface area contributed by atoms with Gasteiger partial charge in [-0.1, -0.05) is 0 Å². The molecule has 0 aromatic heterocycles. The zero-order valence-corrected chi connectivity index (χ0v) is 7.12. The quantitative estimate of drug-likeness (QED) is 0.563.